The van der Waals surface area contributed by atoms with Gasteiger partial charge in [-0.2, -0.15) is 0 Å². The lowest BCUT2D eigenvalue weighted by Crippen LogP contribution is -2.17. The van der Waals surface area contributed by atoms with Crippen molar-refractivity contribution in [3.8, 4) is 0 Å². The molecule has 0 aromatic carbocycles. The van der Waals surface area contributed by atoms with Crippen LogP contribution in [0.5, 0.6) is 0 Å². The molecule has 15 heavy (non-hydrogen) atoms. The summed E-state index contributed by atoms with van der Waals surface area (Å²) >= 11 is 2.06. The van der Waals surface area contributed by atoms with E-state index in [0.717, 1.165) is 5.25 Å². The van der Waals surface area contributed by atoms with Crippen LogP contribution in [-0.2, 0) is 0 Å². The molecule has 0 nitrogen and oxygen atoms in total. The van der Waals surface area contributed by atoms with Crippen molar-refractivity contribution in [3.63, 3.8) is 0 Å². The lowest BCUT2D eigenvalue weighted by molar-refractivity contribution is 0.807. The largest absolute Gasteiger partial charge is 0.128 e. The van der Waals surface area contributed by atoms with Crippen LogP contribution in [0.25, 0.3) is 0 Å². The molecule has 0 rings (SSSR count). The van der Waals surface area contributed by atoms with Crippen LogP contribution < -0.4 is 0 Å². The number of hydrogen-bond acceptors (Lipinski definition) is 1. The summed E-state index contributed by atoms with van der Waals surface area (Å²) in [6.45, 7) is 14.2. The summed E-state index contributed by atoms with van der Waals surface area (Å²) in [6.07, 6.45) is 6.47. The first-order chi connectivity index (χ1) is 6.85. The molecule has 0 saturated carbocycles. The molecule has 0 aliphatic carbocycles. The topological polar surface area (TPSA) is 0 Å². The second-order valence-electron chi connectivity index (χ2n) is 5.71. The van der Waals surface area contributed by atoms with Gasteiger partial charge in [-0.3, -0.25) is 0 Å². The molecule has 2 heteroatoms. The van der Waals surface area contributed by atoms with E-state index < -0.39 is 8.07 Å². The Hall–Kier alpha value is 0.307. The zero-order chi connectivity index (χ0) is 11.9. The Kier molecular flexibility index (Phi) is 7.71. The van der Waals surface area contributed by atoms with E-state index in [1.807, 2.05) is 0 Å². The number of allylic oxidation sites excluding steroid dienone is 2. The molecule has 0 unspecified atom stereocenters. The van der Waals surface area contributed by atoms with Crippen LogP contribution >= 0.6 is 11.8 Å². The van der Waals surface area contributed by atoms with Gasteiger partial charge in [-0.25, -0.2) is 0 Å². The quantitative estimate of drug-likeness (QED) is 0.530. The summed E-state index contributed by atoms with van der Waals surface area (Å²) in [6, 6.07) is 1.34. The summed E-state index contributed by atoms with van der Waals surface area (Å²) in [4.78, 5) is 1.63. The summed E-state index contributed by atoms with van der Waals surface area (Å²) in [5.41, 5.74) is 0. The zero-order valence-corrected chi connectivity index (χ0v) is 13.2. The van der Waals surface area contributed by atoms with E-state index in [0.29, 0.717) is 0 Å². The van der Waals surface area contributed by atoms with E-state index >= 15 is 0 Å². The number of hydrogen-bond donors (Lipinski definition) is 0. The monoisotopic (exact) mass is 244 g/mol. The second-order valence-corrected chi connectivity index (χ2v) is 12.9. The Morgan fingerprint density at radius 3 is 2.27 bits per heavy atom. The molecule has 0 bridgehead atoms. The maximum absolute atomic E-state index is 2.52. The summed E-state index contributed by atoms with van der Waals surface area (Å²) in [5, 5.41) is 0.731. The first kappa shape index (κ1) is 15.3. The van der Waals surface area contributed by atoms with Gasteiger partial charge in [0.15, 0.2) is 0 Å². The third-order valence-electron chi connectivity index (χ3n) is 2.11. The molecule has 0 radical (unpaired) electrons. The molecule has 0 N–H and O–H groups in total. The Bertz CT molecular complexity index is 189. The van der Waals surface area contributed by atoms with Crippen molar-refractivity contribution in [2.45, 2.75) is 71.0 Å². The molecule has 0 saturated heterocycles. The molecule has 0 amide bonds. The van der Waals surface area contributed by atoms with Gasteiger partial charge in [0, 0.05) is 13.3 Å². The highest BCUT2D eigenvalue weighted by Crippen LogP contribution is 2.27. The van der Waals surface area contributed by atoms with Crippen molar-refractivity contribution in [2.75, 3.05) is 0 Å². The molecule has 0 aliphatic rings. The van der Waals surface area contributed by atoms with Gasteiger partial charge in [0.25, 0.3) is 0 Å². The lowest BCUT2D eigenvalue weighted by Gasteiger charge is -2.15. The summed E-state index contributed by atoms with van der Waals surface area (Å²) in [7, 11) is -0.900. The van der Waals surface area contributed by atoms with Crippen molar-refractivity contribution >= 4 is 19.8 Å². The SMILES string of the molecule is CCCC/C(=C/C[Si](C)(C)C)SC(C)C. The van der Waals surface area contributed by atoms with Crippen molar-refractivity contribution in [3.05, 3.63) is 11.0 Å². The normalized spacial score (nSPS) is 13.7. The highest BCUT2D eigenvalue weighted by molar-refractivity contribution is 8.03. The number of unbranched alkanes of at least 4 members (excludes halogenated alkanes) is 1. The number of thioether (sulfide) groups is 1. The van der Waals surface area contributed by atoms with Crippen LogP contribution in [0.3, 0.4) is 0 Å². The maximum Gasteiger partial charge on any atom is 0.0480 e. The predicted octanol–water partition coefficient (Wildman–Crippen LogP) is 5.54. The fourth-order valence-corrected chi connectivity index (χ4v) is 3.34. The van der Waals surface area contributed by atoms with E-state index in [4.69, 9.17) is 0 Å². The molecule has 0 aromatic heterocycles. The average molecular weight is 245 g/mol. The van der Waals surface area contributed by atoms with Gasteiger partial charge < -0.3 is 0 Å². The standard InChI is InChI=1S/C13H28SSi/c1-7-8-9-13(14-12(2)3)10-11-15(4,5)6/h10,12H,7-9,11H2,1-6H3/b13-10-. The second kappa shape index (κ2) is 7.56. The van der Waals surface area contributed by atoms with E-state index in [9.17, 15) is 0 Å². The third kappa shape index (κ3) is 10.6. The molecule has 0 aromatic rings. The fraction of sp³-hybridized carbons (Fsp3) is 0.846. The van der Waals surface area contributed by atoms with Crippen molar-refractivity contribution in [1.82, 2.24) is 0 Å². The maximum atomic E-state index is 2.52. The average Bonchev–Trinajstić information content (AvgIpc) is 2.07. The first-order valence-electron chi connectivity index (χ1n) is 6.21. The van der Waals surface area contributed by atoms with Crippen LogP contribution in [0.1, 0.15) is 40.0 Å². The fourth-order valence-electron chi connectivity index (χ4n) is 1.28. The highest BCUT2D eigenvalue weighted by atomic mass is 32.2. The van der Waals surface area contributed by atoms with Crippen molar-refractivity contribution in [2.24, 2.45) is 0 Å². The molecule has 0 fully saturated rings. The smallest absolute Gasteiger partial charge is 0.0480 e. The number of rotatable bonds is 7. The Morgan fingerprint density at radius 2 is 1.87 bits per heavy atom. The van der Waals surface area contributed by atoms with Crippen LogP contribution in [-0.4, -0.2) is 13.3 Å². The van der Waals surface area contributed by atoms with Crippen LogP contribution in [0, 0.1) is 0 Å². The van der Waals surface area contributed by atoms with E-state index in [1.54, 1.807) is 4.91 Å². The Labute approximate surface area is 102 Å². The summed E-state index contributed by atoms with van der Waals surface area (Å²) in [5.74, 6) is 0. The third-order valence-corrected chi connectivity index (χ3v) is 4.68. The molecule has 0 spiro atoms. The van der Waals surface area contributed by atoms with E-state index in [-0.39, 0.29) is 0 Å². The predicted molar refractivity (Wildman–Crippen MR) is 78.5 cm³/mol. The Morgan fingerprint density at radius 1 is 1.27 bits per heavy atom. The summed E-state index contributed by atoms with van der Waals surface area (Å²) < 4.78 is 0. The van der Waals surface area contributed by atoms with Crippen LogP contribution in [0.2, 0.25) is 25.7 Å². The van der Waals surface area contributed by atoms with Gasteiger partial charge in [0.1, 0.15) is 0 Å². The minimum Gasteiger partial charge on any atom is -0.128 e. The molecule has 0 atom stereocenters. The van der Waals surface area contributed by atoms with Crippen molar-refractivity contribution in [1.29, 1.82) is 0 Å². The zero-order valence-electron chi connectivity index (χ0n) is 11.4. The molecule has 0 heterocycles. The van der Waals surface area contributed by atoms with Gasteiger partial charge in [0.05, 0.1) is 0 Å². The molecule has 90 valence electrons. The van der Waals surface area contributed by atoms with Gasteiger partial charge in [-0.05, 0) is 23.8 Å². The minimum atomic E-state index is -0.900. The van der Waals surface area contributed by atoms with Gasteiger partial charge in [-0.1, -0.05) is 52.9 Å². The van der Waals surface area contributed by atoms with Gasteiger partial charge in [0.2, 0.25) is 0 Å². The highest BCUT2D eigenvalue weighted by Gasteiger charge is 2.11. The van der Waals surface area contributed by atoms with Crippen molar-refractivity contribution < 1.29 is 0 Å². The van der Waals surface area contributed by atoms with E-state index in [1.165, 1.54) is 25.3 Å². The van der Waals surface area contributed by atoms with Crippen LogP contribution in [0.15, 0.2) is 11.0 Å². The molecular weight excluding hydrogens is 216 g/mol. The molecular formula is C13H28SSi. The van der Waals surface area contributed by atoms with E-state index in [2.05, 4.69) is 58.3 Å². The van der Waals surface area contributed by atoms with Gasteiger partial charge in [-0.15, -0.1) is 11.8 Å². The van der Waals surface area contributed by atoms with Gasteiger partial charge >= 0.3 is 0 Å². The Balaban J connectivity index is 4.20. The first-order valence-corrected chi connectivity index (χ1v) is 10.8. The minimum absolute atomic E-state index is 0.731. The molecule has 0 aliphatic heterocycles. The lowest BCUT2D eigenvalue weighted by atomic mass is 10.2. The van der Waals surface area contributed by atoms with Crippen LogP contribution in [0.4, 0.5) is 0 Å².